The number of halogens is 1. The molecule has 4 heteroatoms. The SMILES string of the molecule is NC1CCC(NC(=O)c2ccc(Cl)cc2)CC1. The number of hydrogen-bond donors (Lipinski definition) is 2. The van der Waals surface area contributed by atoms with Crippen molar-refractivity contribution in [2.45, 2.75) is 37.8 Å². The van der Waals surface area contributed by atoms with Gasteiger partial charge < -0.3 is 11.1 Å². The van der Waals surface area contributed by atoms with Gasteiger partial charge >= 0.3 is 0 Å². The smallest absolute Gasteiger partial charge is 0.251 e. The molecule has 3 N–H and O–H groups in total. The van der Waals surface area contributed by atoms with Crippen molar-refractivity contribution in [3.05, 3.63) is 34.9 Å². The number of amides is 1. The van der Waals surface area contributed by atoms with Gasteiger partial charge in [-0.2, -0.15) is 0 Å². The Morgan fingerprint density at radius 1 is 1.18 bits per heavy atom. The molecular weight excluding hydrogens is 236 g/mol. The number of nitrogens with two attached hydrogens (primary N) is 1. The molecule has 2 rings (SSSR count). The van der Waals surface area contributed by atoms with Crippen LogP contribution in [0.2, 0.25) is 5.02 Å². The van der Waals surface area contributed by atoms with Crippen LogP contribution in [-0.4, -0.2) is 18.0 Å². The van der Waals surface area contributed by atoms with Crippen molar-refractivity contribution in [1.82, 2.24) is 5.32 Å². The van der Waals surface area contributed by atoms with Crippen LogP contribution < -0.4 is 11.1 Å². The van der Waals surface area contributed by atoms with Gasteiger partial charge in [-0.15, -0.1) is 0 Å². The molecule has 0 saturated heterocycles. The Bertz CT molecular complexity index is 383. The molecule has 1 aliphatic carbocycles. The maximum absolute atomic E-state index is 11.9. The largest absolute Gasteiger partial charge is 0.349 e. The highest BCUT2D eigenvalue weighted by molar-refractivity contribution is 6.30. The number of benzene rings is 1. The number of carbonyl (C=O) groups is 1. The summed E-state index contributed by atoms with van der Waals surface area (Å²) in [5, 5.41) is 3.68. The van der Waals surface area contributed by atoms with E-state index in [1.165, 1.54) is 0 Å². The van der Waals surface area contributed by atoms with E-state index >= 15 is 0 Å². The van der Waals surface area contributed by atoms with Gasteiger partial charge in [0.15, 0.2) is 0 Å². The normalized spacial score (nSPS) is 24.4. The second-order valence-electron chi connectivity index (χ2n) is 4.59. The minimum atomic E-state index is -0.0258. The van der Waals surface area contributed by atoms with Crippen molar-refractivity contribution in [2.75, 3.05) is 0 Å². The predicted molar refractivity (Wildman–Crippen MR) is 69.1 cm³/mol. The topological polar surface area (TPSA) is 55.1 Å². The maximum Gasteiger partial charge on any atom is 0.251 e. The highest BCUT2D eigenvalue weighted by Crippen LogP contribution is 2.17. The van der Waals surface area contributed by atoms with E-state index in [9.17, 15) is 4.79 Å². The van der Waals surface area contributed by atoms with Gasteiger partial charge in [0.05, 0.1) is 0 Å². The zero-order valence-corrected chi connectivity index (χ0v) is 10.4. The van der Waals surface area contributed by atoms with Gasteiger partial charge in [0.2, 0.25) is 0 Å². The molecule has 0 aromatic heterocycles. The molecule has 1 aliphatic rings. The summed E-state index contributed by atoms with van der Waals surface area (Å²) in [5.74, 6) is -0.0258. The number of carbonyl (C=O) groups excluding carboxylic acids is 1. The first-order chi connectivity index (χ1) is 8.15. The van der Waals surface area contributed by atoms with E-state index in [4.69, 9.17) is 17.3 Å². The molecule has 1 aromatic carbocycles. The maximum atomic E-state index is 11.9. The molecule has 1 aromatic rings. The second kappa shape index (κ2) is 5.52. The first-order valence-electron chi connectivity index (χ1n) is 5.97. The molecule has 1 saturated carbocycles. The number of rotatable bonds is 2. The standard InChI is InChI=1S/C13H17ClN2O/c14-10-3-1-9(2-4-10)13(17)16-12-7-5-11(15)6-8-12/h1-4,11-12H,5-8,15H2,(H,16,17). The van der Waals surface area contributed by atoms with Crippen molar-refractivity contribution in [2.24, 2.45) is 5.73 Å². The molecule has 0 bridgehead atoms. The summed E-state index contributed by atoms with van der Waals surface area (Å²) in [5.41, 5.74) is 6.48. The summed E-state index contributed by atoms with van der Waals surface area (Å²) >= 11 is 5.78. The van der Waals surface area contributed by atoms with Crippen LogP contribution in [0.25, 0.3) is 0 Å². The molecule has 0 spiro atoms. The summed E-state index contributed by atoms with van der Waals surface area (Å²) in [6.07, 6.45) is 3.93. The number of hydrogen-bond acceptors (Lipinski definition) is 2. The molecule has 92 valence electrons. The van der Waals surface area contributed by atoms with Crippen LogP contribution in [0.3, 0.4) is 0 Å². The van der Waals surface area contributed by atoms with E-state index in [1.807, 2.05) is 0 Å². The third-order valence-electron chi connectivity index (χ3n) is 3.21. The summed E-state index contributed by atoms with van der Waals surface area (Å²) in [6, 6.07) is 7.51. The Kier molecular flexibility index (Phi) is 4.02. The molecule has 0 unspecified atom stereocenters. The van der Waals surface area contributed by atoms with Gasteiger partial charge in [-0.25, -0.2) is 0 Å². The molecular formula is C13H17ClN2O. The van der Waals surface area contributed by atoms with E-state index in [1.54, 1.807) is 24.3 Å². The third kappa shape index (κ3) is 3.45. The van der Waals surface area contributed by atoms with E-state index < -0.39 is 0 Å². The van der Waals surface area contributed by atoms with Gasteiger partial charge in [-0.3, -0.25) is 4.79 Å². The monoisotopic (exact) mass is 252 g/mol. The van der Waals surface area contributed by atoms with E-state index in [2.05, 4.69) is 5.32 Å². The van der Waals surface area contributed by atoms with Crippen LogP contribution in [0.4, 0.5) is 0 Å². The highest BCUT2D eigenvalue weighted by atomic mass is 35.5. The van der Waals surface area contributed by atoms with Crippen molar-refractivity contribution in [3.63, 3.8) is 0 Å². The van der Waals surface area contributed by atoms with Gasteiger partial charge in [-0.1, -0.05) is 11.6 Å². The lowest BCUT2D eigenvalue weighted by Gasteiger charge is -2.26. The van der Waals surface area contributed by atoms with Crippen LogP contribution in [0.15, 0.2) is 24.3 Å². The molecule has 1 amide bonds. The Morgan fingerprint density at radius 2 is 1.76 bits per heavy atom. The molecule has 0 radical (unpaired) electrons. The van der Waals surface area contributed by atoms with E-state index in [0.29, 0.717) is 16.6 Å². The summed E-state index contributed by atoms with van der Waals surface area (Å²) in [6.45, 7) is 0. The van der Waals surface area contributed by atoms with Crippen LogP contribution >= 0.6 is 11.6 Å². The molecule has 1 fully saturated rings. The van der Waals surface area contributed by atoms with Crippen molar-refractivity contribution < 1.29 is 4.79 Å². The predicted octanol–water partition coefficient (Wildman–Crippen LogP) is 2.34. The summed E-state index contributed by atoms with van der Waals surface area (Å²) < 4.78 is 0. The molecule has 17 heavy (non-hydrogen) atoms. The first kappa shape index (κ1) is 12.4. The molecule has 0 atom stereocenters. The van der Waals surface area contributed by atoms with Crippen LogP contribution in [-0.2, 0) is 0 Å². The lowest BCUT2D eigenvalue weighted by molar-refractivity contribution is 0.0926. The zero-order chi connectivity index (χ0) is 12.3. The van der Waals surface area contributed by atoms with Gasteiger partial charge in [0.25, 0.3) is 5.91 Å². The number of nitrogens with one attached hydrogen (secondary N) is 1. The Hall–Kier alpha value is -1.06. The Morgan fingerprint density at radius 3 is 2.35 bits per heavy atom. The minimum Gasteiger partial charge on any atom is -0.349 e. The van der Waals surface area contributed by atoms with Crippen LogP contribution in [0.1, 0.15) is 36.0 Å². The van der Waals surface area contributed by atoms with Crippen LogP contribution in [0, 0.1) is 0 Å². The van der Waals surface area contributed by atoms with Gasteiger partial charge in [0.1, 0.15) is 0 Å². The van der Waals surface area contributed by atoms with Crippen LogP contribution in [0.5, 0.6) is 0 Å². The van der Waals surface area contributed by atoms with E-state index in [-0.39, 0.29) is 11.9 Å². The average molecular weight is 253 g/mol. The summed E-state index contributed by atoms with van der Waals surface area (Å²) in [4.78, 5) is 11.9. The first-order valence-corrected chi connectivity index (χ1v) is 6.35. The quantitative estimate of drug-likeness (QED) is 0.849. The fourth-order valence-electron chi connectivity index (χ4n) is 2.13. The van der Waals surface area contributed by atoms with E-state index in [0.717, 1.165) is 25.7 Å². The molecule has 3 nitrogen and oxygen atoms in total. The fourth-order valence-corrected chi connectivity index (χ4v) is 2.26. The van der Waals surface area contributed by atoms with Crippen molar-refractivity contribution in [1.29, 1.82) is 0 Å². The zero-order valence-electron chi connectivity index (χ0n) is 9.66. The average Bonchev–Trinajstić information content (AvgIpc) is 2.33. The van der Waals surface area contributed by atoms with Crippen molar-refractivity contribution >= 4 is 17.5 Å². The fraction of sp³-hybridized carbons (Fsp3) is 0.462. The molecule has 0 aliphatic heterocycles. The summed E-state index contributed by atoms with van der Waals surface area (Å²) in [7, 11) is 0. The lowest BCUT2D eigenvalue weighted by atomic mass is 9.91. The molecule has 0 heterocycles. The third-order valence-corrected chi connectivity index (χ3v) is 3.47. The Labute approximate surface area is 106 Å². The van der Waals surface area contributed by atoms with Gasteiger partial charge in [0, 0.05) is 22.7 Å². The second-order valence-corrected chi connectivity index (χ2v) is 5.03. The minimum absolute atomic E-state index is 0.0258. The lowest BCUT2D eigenvalue weighted by Crippen LogP contribution is -2.40. The highest BCUT2D eigenvalue weighted by Gasteiger charge is 2.20. The van der Waals surface area contributed by atoms with Crippen molar-refractivity contribution in [3.8, 4) is 0 Å². The van der Waals surface area contributed by atoms with Gasteiger partial charge in [-0.05, 0) is 49.9 Å². The Balaban J connectivity index is 1.91.